The van der Waals surface area contributed by atoms with Crippen LogP contribution in [0.25, 0.3) is 21.4 Å². The molecule has 3 heterocycles. The third-order valence-corrected chi connectivity index (χ3v) is 7.14. The summed E-state index contributed by atoms with van der Waals surface area (Å²) < 4.78 is 5.72. The van der Waals surface area contributed by atoms with Crippen LogP contribution < -0.4 is 5.32 Å². The Morgan fingerprint density at radius 2 is 1.97 bits per heavy atom. The number of aryl methyl sites for hydroxylation is 3. The first-order chi connectivity index (χ1) is 15.9. The molecule has 6 nitrogen and oxygen atoms in total. The van der Waals surface area contributed by atoms with Gasteiger partial charge >= 0.3 is 0 Å². The lowest BCUT2D eigenvalue weighted by Crippen LogP contribution is -2.56. The van der Waals surface area contributed by atoms with Crippen molar-refractivity contribution in [3.05, 3.63) is 76.1 Å². The van der Waals surface area contributed by atoms with Gasteiger partial charge in [0.25, 0.3) is 11.8 Å². The standard InChI is InChI=1S/C26H25N3O3S/c1-15-7-6-8-18(13-15)24-23(28-17(3)33-24)26(31)29-12-11-19(29)14-27-25(30)22-16(2)32-21-10-5-4-9-20(21)22/h4-10,13,19H,11-12,14H2,1-3H3,(H,27,30)/t19-/m1/s1. The molecule has 2 aromatic carbocycles. The number of carbonyl (C=O) groups is 2. The average molecular weight is 460 g/mol. The van der Waals surface area contributed by atoms with Crippen LogP contribution in [0.5, 0.6) is 0 Å². The summed E-state index contributed by atoms with van der Waals surface area (Å²) in [6, 6.07) is 15.6. The fourth-order valence-electron chi connectivity index (χ4n) is 4.36. The fourth-order valence-corrected chi connectivity index (χ4v) is 5.27. The number of aromatic nitrogens is 1. The zero-order valence-corrected chi connectivity index (χ0v) is 19.7. The molecular formula is C26H25N3O3S. The van der Waals surface area contributed by atoms with Gasteiger partial charge in [-0.3, -0.25) is 9.59 Å². The van der Waals surface area contributed by atoms with Crippen molar-refractivity contribution >= 4 is 34.1 Å². The Bertz CT molecular complexity index is 1370. The van der Waals surface area contributed by atoms with Crippen molar-refractivity contribution in [3.8, 4) is 10.4 Å². The highest BCUT2D eigenvalue weighted by molar-refractivity contribution is 7.15. The molecule has 0 saturated carbocycles. The van der Waals surface area contributed by atoms with E-state index in [0.717, 1.165) is 32.8 Å². The summed E-state index contributed by atoms with van der Waals surface area (Å²) in [5.74, 6) is 0.337. The minimum atomic E-state index is -0.179. The third kappa shape index (κ3) is 3.93. The number of carbonyl (C=O) groups excluding carboxylic acids is 2. The second-order valence-corrected chi connectivity index (χ2v) is 9.66. The van der Waals surface area contributed by atoms with E-state index in [4.69, 9.17) is 4.42 Å². The van der Waals surface area contributed by atoms with Crippen LogP contribution in [0.1, 0.15) is 43.6 Å². The molecule has 0 bridgehead atoms. The van der Waals surface area contributed by atoms with Crippen LogP contribution in [0, 0.1) is 20.8 Å². The van der Waals surface area contributed by atoms with Crippen LogP contribution >= 0.6 is 11.3 Å². The number of nitrogens with one attached hydrogen (secondary N) is 1. The molecule has 1 N–H and O–H groups in total. The first-order valence-electron chi connectivity index (χ1n) is 11.0. The summed E-state index contributed by atoms with van der Waals surface area (Å²) in [7, 11) is 0. The van der Waals surface area contributed by atoms with Crippen LogP contribution in [0.15, 0.2) is 52.9 Å². The molecule has 1 aliphatic heterocycles. The first kappa shape index (κ1) is 21.4. The monoisotopic (exact) mass is 459 g/mol. The lowest BCUT2D eigenvalue weighted by atomic mass is 10.0. The molecule has 0 aliphatic carbocycles. The van der Waals surface area contributed by atoms with Crippen LogP contribution in [0.3, 0.4) is 0 Å². The molecular weight excluding hydrogens is 434 g/mol. The number of hydrogen-bond acceptors (Lipinski definition) is 5. The molecule has 0 radical (unpaired) electrons. The summed E-state index contributed by atoms with van der Waals surface area (Å²) in [6.07, 6.45) is 0.847. The van der Waals surface area contributed by atoms with Gasteiger partial charge in [-0.15, -0.1) is 11.3 Å². The zero-order chi connectivity index (χ0) is 23.1. The van der Waals surface area contributed by atoms with E-state index < -0.39 is 0 Å². The van der Waals surface area contributed by atoms with Gasteiger partial charge in [-0.25, -0.2) is 4.98 Å². The largest absolute Gasteiger partial charge is 0.461 e. The van der Waals surface area contributed by atoms with Crippen molar-refractivity contribution in [2.24, 2.45) is 0 Å². The lowest BCUT2D eigenvalue weighted by molar-refractivity contribution is 0.0451. The maximum atomic E-state index is 13.4. The zero-order valence-electron chi connectivity index (χ0n) is 18.8. The van der Waals surface area contributed by atoms with Crippen LogP contribution in [-0.4, -0.2) is 40.8 Å². The van der Waals surface area contributed by atoms with E-state index >= 15 is 0 Å². The lowest BCUT2D eigenvalue weighted by Gasteiger charge is -2.40. The van der Waals surface area contributed by atoms with E-state index in [2.05, 4.69) is 16.4 Å². The van der Waals surface area contributed by atoms with E-state index in [1.54, 1.807) is 6.92 Å². The second kappa shape index (κ2) is 8.48. The Morgan fingerprint density at radius 1 is 1.15 bits per heavy atom. The van der Waals surface area contributed by atoms with Gasteiger partial charge in [-0.05, 0) is 38.8 Å². The molecule has 1 saturated heterocycles. The highest BCUT2D eigenvalue weighted by Gasteiger charge is 2.35. The van der Waals surface area contributed by atoms with E-state index in [1.807, 2.05) is 61.2 Å². The number of likely N-dealkylation sites (tertiary alicyclic amines) is 1. The van der Waals surface area contributed by atoms with E-state index in [-0.39, 0.29) is 17.9 Å². The number of furan rings is 1. The quantitative estimate of drug-likeness (QED) is 0.449. The van der Waals surface area contributed by atoms with Crippen molar-refractivity contribution in [2.45, 2.75) is 33.2 Å². The van der Waals surface area contributed by atoms with Gasteiger partial charge in [0.1, 0.15) is 17.0 Å². The van der Waals surface area contributed by atoms with Crippen molar-refractivity contribution < 1.29 is 14.0 Å². The number of thiazole rings is 1. The summed E-state index contributed by atoms with van der Waals surface area (Å²) in [5.41, 5.74) is 3.90. The molecule has 4 aromatic rings. The summed E-state index contributed by atoms with van der Waals surface area (Å²) in [5, 5.41) is 4.67. The Hall–Kier alpha value is -3.45. The number of rotatable bonds is 5. The number of para-hydroxylation sites is 1. The van der Waals surface area contributed by atoms with Gasteiger partial charge in [0.15, 0.2) is 0 Å². The molecule has 0 unspecified atom stereocenters. The second-order valence-electron chi connectivity index (χ2n) is 8.46. The van der Waals surface area contributed by atoms with Gasteiger partial charge in [-0.2, -0.15) is 0 Å². The molecule has 33 heavy (non-hydrogen) atoms. The molecule has 1 fully saturated rings. The minimum Gasteiger partial charge on any atom is -0.461 e. The van der Waals surface area contributed by atoms with E-state index in [1.165, 1.54) is 11.3 Å². The Kier molecular flexibility index (Phi) is 5.50. The highest BCUT2D eigenvalue weighted by Crippen LogP contribution is 2.33. The molecule has 5 rings (SSSR count). The maximum absolute atomic E-state index is 13.4. The average Bonchev–Trinajstić information content (AvgIpc) is 3.32. The molecule has 0 spiro atoms. The number of amides is 2. The predicted octanol–water partition coefficient (Wildman–Crippen LogP) is 5.13. The summed E-state index contributed by atoms with van der Waals surface area (Å²) in [4.78, 5) is 33.6. The first-order valence-corrected chi connectivity index (χ1v) is 11.9. The highest BCUT2D eigenvalue weighted by atomic mass is 32.1. The van der Waals surface area contributed by atoms with Crippen molar-refractivity contribution in [1.29, 1.82) is 0 Å². The predicted molar refractivity (Wildman–Crippen MR) is 130 cm³/mol. The Labute approximate surface area is 196 Å². The topological polar surface area (TPSA) is 75.4 Å². The van der Waals surface area contributed by atoms with Crippen molar-refractivity contribution in [3.63, 3.8) is 0 Å². The van der Waals surface area contributed by atoms with Crippen LogP contribution in [0.4, 0.5) is 0 Å². The molecule has 2 amide bonds. The maximum Gasteiger partial charge on any atom is 0.274 e. The minimum absolute atomic E-state index is 0.0488. The Morgan fingerprint density at radius 3 is 2.73 bits per heavy atom. The molecule has 168 valence electrons. The SMILES string of the molecule is Cc1cccc(-c2sc(C)nc2C(=O)N2CC[C@@H]2CNC(=O)c2c(C)oc3ccccc23)c1. The van der Waals surface area contributed by atoms with Crippen molar-refractivity contribution in [1.82, 2.24) is 15.2 Å². The van der Waals surface area contributed by atoms with Gasteiger partial charge in [-0.1, -0.05) is 48.0 Å². The van der Waals surface area contributed by atoms with Crippen LogP contribution in [-0.2, 0) is 0 Å². The fraction of sp³-hybridized carbons (Fsp3) is 0.269. The molecule has 7 heteroatoms. The Balaban J connectivity index is 1.31. The van der Waals surface area contributed by atoms with Crippen LogP contribution in [0.2, 0.25) is 0 Å². The molecule has 1 atom stereocenters. The smallest absolute Gasteiger partial charge is 0.274 e. The van der Waals surface area contributed by atoms with Gasteiger partial charge in [0, 0.05) is 18.5 Å². The van der Waals surface area contributed by atoms with Gasteiger partial charge < -0.3 is 14.6 Å². The van der Waals surface area contributed by atoms with Gasteiger partial charge in [0.05, 0.1) is 21.5 Å². The third-order valence-electron chi connectivity index (χ3n) is 6.12. The van der Waals surface area contributed by atoms with E-state index in [0.29, 0.717) is 35.7 Å². The van der Waals surface area contributed by atoms with E-state index in [9.17, 15) is 9.59 Å². The normalized spacial score (nSPS) is 15.5. The number of hydrogen-bond donors (Lipinski definition) is 1. The van der Waals surface area contributed by atoms with Crippen molar-refractivity contribution in [2.75, 3.05) is 13.1 Å². The number of fused-ring (bicyclic) bond motifs is 1. The summed E-state index contributed by atoms with van der Waals surface area (Å²) in [6.45, 7) is 6.82. The number of nitrogens with zero attached hydrogens (tertiary/aromatic N) is 2. The number of benzene rings is 2. The summed E-state index contributed by atoms with van der Waals surface area (Å²) >= 11 is 1.54. The molecule has 2 aromatic heterocycles. The van der Waals surface area contributed by atoms with Gasteiger partial charge in [0.2, 0.25) is 0 Å². The molecule has 1 aliphatic rings.